The van der Waals surface area contributed by atoms with E-state index in [1.165, 1.54) is 16.7 Å². The quantitative estimate of drug-likeness (QED) is 0.356. The maximum absolute atomic E-state index is 14.0. The molecule has 0 radical (unpaired) electrons. The minimum Gasteiger partial charge on any atom is -0.353 e. The van der Waals surface area contributed by atoms with Crippen LogP contribution in [-0.4, -0.2) is 26.2 Å². The van der Waals surface area contributed by atoms with Gasteiger partial charge in [-0.25, -0.2) is 9.37 Å². The lowest BCUT2D eigenvalue weighted by atomic mass is 10.2. The third-order valence-corrected chi connectivity index (χ3v) is 5.72. The van der Waals surface area contributed by atoms with Gasteiger partial charge in [0.15, 0.2) is 5.16 Å². The lowest BCUT2D eigenvalue weighted by molar-refractivity contribution is -0.113. The van der Waals surface area contributed by atoms with Gasteiger partial charge in [0, 0.05) is 5.69 Å². The van der Waals surface area contributed by atoms with E-state index in [-0.39, 0.29) is 22.9 Å². The molecule has 6 nitrogen and oxygen atoms in total. The molecular weight excluding hydrogens is 415 g/mol. The zero-order chi connectivity index (χ0) is 22.1. The van der Waals surface area contributed by atoms with Crippen molar-refractivity contribution in [2.75, 3.05) is 11.1 Å². The van der Waals surface area contributed by atoms with E-state index < -0.39 is 5.82 Å². The number of carbonyl (C=O) groups excluding carboxylic acids is 1. The summed E-state index contributed by atoms with van der Waals surface area (Å²) >= 11 is 1.12. The molecule has 2 heterocycles. The summed E-state index contributed by atoms with van der Waals surface area (Å²) in [4.78, 5) is 33.3. The molecule has 158 valence electrons. The minimum absolute atomic E-state index is 0.0273. The Balaban J connectivity index is 1.66. The molecule has 0 aliphatic heterocycles. The minimum atomic E-state index is -0.489. The number of thioether (sulfide) groups is 1. The number of H-pyrrole nitrogens is 1. The van der Waals surface area contributed by atoms with E-state index in [1.54, 1.807) is 19.1 Å². The van der Waals surface area contributed by atoms with Crippen LogP contribution in [0.5, 0.6) is 0 Å². The van der Waals surface area contributed by atoms with Crippen molar-refractivity contribution >= 4 is 34.4 Å². The molecule has 0 saturated carbocycles. The molecule has 0 bridgehead atoms. The van der Waals surface area contributed by atoms with Crippen molar-refractivity contribution in [3.63, 3.8) is 0 Å². The SMILES string of the molecule is Cc1ccc(-n2c(SCC(=O)Nc3ccc(C)cc3F)nc3cc(C)[nH]c3c2=O)cc1. The number of hydrogen-bond donors (Lipinski definition) is 2. The first-order valence-corrected chi connectivity index (χ1v) is 10.7. The number of nitrogens with zero attached hydrogens (tertiary/aromatic N) is 2. The monoisotopic (exact) mass is 436 g/mol. The summed E-state index contributed by atoms with van der Waals surface area (Å²) < 4.78 is 15.5. The predicted octanol–water partition coefficient (Wildman–Crippen LogP) is 4.51. The van der Waals surface area contributed by atoms with E-state index in [0.29, 0.717) is 21.9 Å². The van der Waals surface area contributed by atoms with Gasteiger partial charge in [0.05, 0.1) is 22.6 Å². The zero-order valence-corrected chi connectivity index (χ0v) is 18.1. The van der Waals surface area contributed by atoms with Crippen LogP contribution in [0.3, 0.4) is 0 Å². The molecule has 8 heteroatoms. The first kappa shape index (κ1) is 20.9. The summed E-state index contributed by atoms with van der Waals surface area (Å²) in [5.74, 6) is -0.902. The fourth-order valence-corrected chi connectivity index (χ4v) is 4.05. The van der Waals surface area contributed by atoms with E-state index in [2.05, 4.69) is 15.3 Å². The van der Waals surface area contributed by atoms with Gasteiger partial charge in [-0.2, -0.15) is 0 Å². The van der Waals surface area contributed by atoms with Crippen molar-refractivity contribution in [3.8, 4) is 5.69 Å². The number of anilines is 1. The Morgan fingerprint density at radius 1 is 1.10 bits per heavy atom. The fraction of sp³-hybridized carbons (Fsp3) is 0.174. The van der Waals surface area contributed by atoms with Crippen LogP contribution in [0.2, 0.25) is 0 Å². The number of benzene rings is 2. The number of aryl methyl sites for hydroxylation is 3. The average Bonchev–Trinajstić information content (AvgIpc) is 3.10. The van der Waals surface area contributed by atoms with Crippen molar-refractivity contribution in [2.45, 2.75) is 25.9 Å². The summed E-state index contributed by atoms with van der Waals surface area (Å²) in [6, 6.07) is 13.9. The van der Waals surface area contributed by atoms with Gasteiger partial charge >= 0.3 is 0 Å². The number of hydrogen-bond acceptors (Lipinski definition) is 4. The standard InChI is InChI=1S/C23H21FN4O2S/c1-13-4-7-16(8-5-13)28-22(30)21-19(11-15(3)25-21)27-23(28)31-12-20(29)26-18-9-6-14(2)10-17(18)24/h4-11,25H,12H2,1-3H3,(H,26,29). The van der Waals surface area contributed by atoms with Gasteiger partial charge in [-0.1, -0.05) is 35.5 Å². The van der Waals surface area contributed by atoms with Crippen molar-refractivity contribution < 1.29 is 9.18 Å². The first-order chi connectivity index (χ1) is 14.8. The molecule has 0 fully saturated rings. The molecule has 0 spiro atoms. The average molecular weight is 437 g/mol. The van der Waals surface area contributed by atoms with E-state index in [4.69, 9.17) is 0 Å². The second kappa shape index (κ2) is 8.39. The predicted molar refractivity (Wildman–Crippen MR) is 122 cm³/mol. The maximum atomic E-state index is 14.0. The fourth-order valence-electron chi connectivity index (χ4n) is 3.23. The number of halogens is 1. The molecule has 2 aromatic carbocycles. The Labute approximate surface area is 182 Å². The van der Waals surface area contributed by atoms with Crippen LogP contribution in [0.4, 0.5) is 10.1 Å². The Morgan fingerprint density at radius 3 is 2.52 bits per heavy atom. The molecule has 4 aromatic rings. The van der Waals surface area contributed by atoms with Crippen molar-refractivity contribution in [1.29, 1.82) is 0 Å². The van der Waals surface area contributed by atoms with Gasteiger partial charge in [0.1, 0.15) is 11.3 Å². The first-order valence-electron chi connectivity index (χ1n) is 9.70. The van der Waals surface area contributed by atoms with Gasteiger partial charge in [0.2, 0.25) is 5.91 Å². The molecule has 2 N–H and O–H groups in total. The van der Waals surface area contributed by atoms with E-state index in [9.17, 15) is 14.0 Å². The van der Waals surface area contributed by atoms with Crippen molar-refractivity contribution in [3.05, 3.63) is 81.5 Å². The molecule has 0 aliphatic carbocycles. The van der Waals surface area contributed by atoms with E-state index in [0.717, 1.165) is 28.6 Å². The highest BCUT2D eigenvalue weighted by Crippen LogP contribution is 2.23. The molecule has 4 rings (SSSR count). The number of aromatic amines is 1. The summed E-state index contributed by atoms with van der Waals surface area (Å²) in [7, 11) is 0. The lowest BCUT2D eigenvalue weighted by Crippen LogP contribution is -2.23. The van der Waals surface area contributed by atoms with Crippen molar-refractivity contribution in [2.24, 2.45) is 0 Å². The molecular formula is C23H21FN4O2S. The molecule has 2 aromatic heterocycles. The Morgan fingerprint density at radius 2 is 1.81 bits per heavy atom. The van der Waals surface area contributed by atoms with Crippen LogP contribution in [-0.2, 0) is 4.79 Å². The van der Waals surface area contributed by atoms with Gasteiger partial charge in [0.25, 0.3) is 5.56 Å². The van der Waals surface area contributed by atoms with Crippen molar-refractivity contribution in [1.82, 2.24) is 14.5 Å². The van der Waals surface area contributed by atoms with Crippen LogP contribution >= 0.6 is 11.8 Å². The highest BCUT2D eigenvalue weighted by Gasteiger charge is 2.17. The lowest BCUT2D eigenvalue weighted by Gasteiger charge is -2.12. The third-order valence-electron chi connectivity index (χ3n) is 4.78. The van der Waals surface area contributed by atoms with Crippen LogP contribution in [0, 0.1) is 26.6 Å². The highest BCUT2D eigenvalue weighted by atomic mass is 32.2. The summed E-state index contributed by atoms with van der Waals surface area (Å²) in [5.41, 5.74) is 4.15. The molecule has 31 heavy (non-hydrogen) atoms. The second-order valence-electron chi connectivity index (χ2n) is 7.40. The molecule has 0 unspecified atom stereocenters. The van der Waals surface area contributed by atoms with Crippen LogP contribution in [0.15, 0.2) is 58.5 Å². The second-order valence-corrected chi connectivity index (χ2v) is 8.35. The maximum Gasteiger partial charge on any atom is 0.283 e. The largest absolute Gasteiger partial charge is 0.353 e. The van der Waals surface area contributed by atoms with Gasteiger partial charge < -0.3 is 10.3 Å². The van der Waals surface area contributed by atoms with Crippen LogP contribution in [0.25, 0.3) is 16.7 Å². The molecule has 0 atom stereocenters. The number of carbonyl (C=O) groups is 1. The Bertz CT molecular complexity index is 1340. The summed E-state index contributed by atoms with van der Waals surface area (Å²) in [6.07, 6.45) is 0. The van der Waals surface area contributed by atoms with E-state index in [1.807, 2.05) is 38.1 Å². The third kappa shape index (κ3) is 4.39. The number of rotatable bonds is 5. The number of aromatic nitrogens is 3. The van der Waals surface area contributed by atoms with Crippen LogP contribution < -0.4 is 10.9 Å². The van der Waals surface area contributed by atoms with Gasteiger partial charge in [-0.05, 0) is 56.7 Å². The number of amides is 1. The molecule has 1 amide bonds. The molecule has 0 aliphatic rings. The number of fused-ring (bicyclic) bond motifs is 1. The Kier molecular flexibility index (Phi) is 5.65. The summed E-state index contributed by atoms with van der Waals surface area (Å²) in [5, 5.41) is 2.96. The Hall–Kier alpha value is -3.39. The zero-order valence-electron chi connectivity index (χ0n) is 17.3. The smallest absolute Gasteiger partial charge is 0.283 e. The van der Waals surface area contributed by atoms with Gasteiger partial charge in [-0.15, -0.1) is 0 Å². The van der Waals surface area contributed by atoms with Crippen LogP contribution in [0.1, 0.15) is 16.8 Å². The highest BCUT2D eigenvalue weighted by molar-refractivity contribution is 7.99. The molecule has 0 saturated heterocycles. The summed E-state index contributed by atoms with van der Waals surface area (Å²) in [6.45, 7) is 5.60. The number of nitrogens with one attached hydrogen (secondary N) is 2. The van der Waals surface area contributed by atoms with E-state index >= 15 is 0 Å². The van der Waals surface area contributed by atoms with Gasteiger partial charge in [-0.3, -0.25) is 14.2 Å². The normalized spacial score (nSPS) is 11.1. The topological polar surface area (TPSA) is 79.8 Å².